The summed E-state index contributed by atoms with van der Waals surface area (Å²) in [4.78, 5) is 23.9. The Morgan fingerprint density at radius 2 is 1.94 bits per heavy atom. The Bertz CT molecular complexity index is 254. The molecule has 3 N–H and O–H groups in total. The predicted octanol–water partition coefficient (Wildman–Crippen LogP) is 1.07. The van der Waals surface area contributed by atoms with E-state index in [9.17, 15) is 9.59 Å². The van der Waals surface area contributed by atoms with Crippen LogP contribution in [0.4, 0.5) is 0 Å². The SMILES string of the molecule is CCCC(N)CC(=O)N(CC(=O)O)CC(C)C. The molecule has 0 bridgehead atoms. The minimum absolute atomic E-state index is 0.165. The molecule has 0 fully saturated rings. The summed E-state index contributed by atoms with van der Waals surface area (Å²) >= 11 is 0. The normalized spacial score (nSPS) is 12.5. The van der Waals surface area contributed by atoms with Crippen molar-refractivity contribution in [3.05, 3.63) is 0 Å². The summed E-state index contributed by atoms with van der Waals surface area (Å²) < 4.78 is 0. The number of carbonyl (C=O) groups is 2. The standard InChI is InChI=1S/C12H24N2O3/c1-4-5-10(13)6-11(15)14(7-9(2)3)8-12(16)17/h9-10H,4-8,13H2,1-3H3,(H,16,17). The van der Waals surface area contributed by atoms with Gasteiger partial charge in [0.05, 0.1) is 0 Å². The molecule has 0 radical (unpaired) electrons. The number of carbonyl (C=O) groups excluding carboxylic acids is 1. The van der Waals surface area contributed by atoms with Gasteiger partial charge in [-0.05, 0) is 12.3 Å². The third-order valence-electron chi connectivity index (χ3n) is 2.36. The van der Waals surface area contributed by atoms with Crippen LogP contribution in [0.5, 0.6) is 0 Å². The Balaban J connectivity index is 4.35. The number of nitrogens with zero attached hydrogens (tertiary/aromatic N) is 1. The molecule has 0 saturated heterocycles. The second-order valence-electron chi connectivity index (χ2n) is 4.81. The molecule has 5 nitrogen and oxygen atoms in total. The lowest BCUT2D eigenvalue weighted by molar-refractivity contribution is -0.145. The largest absolute Gasteiger partial charge is 0.480 e. The summed E-state index contributed by atoms with van der Waals surface area (Å²) in [6.07, 6.45) is 1.94. The van der Waals surface area contributed by atoms with Crippen LogP contribution < -0.4 is 5.73 Å². The van der Waals surface area contributed by atoms with Crippen molar-refractivity contribution in [2.24, 2.45) is 11.7 Å². The van der Waals surface area contributed by atoms with Gasteiger partial charge in [0, 0.05) is 19.0 Å². The molecule has 1 unspecified atom stereocenters. The number of carboxylic acid groups (broad SMARTS) is 1. The lowest BCUT2D eigenvalue weighted by Crippen LogP contribution is -2.41. The molecule has 0 heterocycles. The minimum atomic E-state index is -0.983. The van der Waals surface area contributed by atoms with Gasteiger partial charge in [0.2, 0.25) is 5.91 Å². The molecule has 0 saturated carbocycles. The predicted molar refractivity (Wildman–Crippen MR) is 66.6 cm³/mol. The van der Waals surface area contributed by atoms with Crippen LogP contribution in [0, 0.1) is 5.92 Å². The van der Waals surface area contributed by atoms with Crippen molar-refractivity contribution in [3.8, 4) is 0 Å². The smallest absolute Gasteiger partial charge is 0.323 e. The molecule has 0 aliphatic heterocycles. The Labute approximate surface area is 103 Å². The van der Waals surface area contributed by atoms with Crippen LogP contribution in [0.25, 0.3) is 0 Å². The van der Waals surface area contributed by atoms with E-state index < -0.39 is 5.97 Å². The van der Waals surface area contributed by atoms with Crippen LogP contribution in [0.2, 0.25) is 0 Å². The van der Waals surface area contributed by atoms with Gasteiger partial charge in [-0.15, -0.1) is 0 Å². The number of nitrogens with two attached hydrogens (primary N) is 1. The van der Waals surface area contributed by atoms with Crippen LogP contribution in [0.1, 0.15) is 40.0 Å². The van der Waals surface area contributed by atoms with Gasteiger partial charge in [0.1, 0.15) is 6.54 Å². The first-order chi connectivity index (χ1) is 7.86. The summed E-state index contributed by atoms with van der Waals surface area (Å²) in [5.74, 6) is -0.897. The van der Waals surface area contributed by atoms with Crippen molar-refractivity contribution in [1.29, 1.82) is 0 Å². The van der Waals surface area contributed by atoms with Crippen molar-refractivity contribution < 1.29 is 14.7 Å². The Hall–Kier alpha value is -1.10. The molecule has 0 rings (SSSR count). The molecular weight excluding hydrogens is 220 g/mol. The highest BCUT2D eigenvalue weighted by molar-refractivity contribution is 5.81. The maximum Gasteiger partial charge on any atom is 0.323 e. The molecule has 17 heavy (non-hydrogen) atoms. The van der Waals surface area contributed by atoms with Gasteiger partial charge in [0.25, 0.3) is 0 Å². The van der Waals surface area contributed by atoms with E-state index in [2.05, 4.69) is 0 Å². The molecule has 0 spiro atoms. The van der Waals surface area contributed by atoms with Gasteiger partial charge < -0.3 is 15.7 Å². The van der Waals surface area contributed by atoms with Crippen molar-refractivity contribution in [1.82, 2.24) is 4.90 Å². The molecule has 0 aromatic carbocycles. The molecule has 1 amide bonds. The first kappa shape index (κ1) is 15.9. The van der Waals surface area contributed by atoms with Crippen LogP contribution in [0.3, 0.4) is 0 Å². The minimum Gasteiger partial charge on any atom is -0.480 e. The Morgan fingerprint density at radius 1 is 1.35 bits per heavy atom. The zero-order valence-corrected chi connectivity index (χ0v) is 11.0. The Kier molecular flexibility index (Phi) is 7.54. The van der Waals surface area contributed by atoms with Gasteiger partial charge in [-0.1, -0.05) is 27.2 Å². The van der Waals surface area contributed by atoms with E-state index in [0.717, 1.165) is 12.8 Å². The van der Waals surface area contributed by atoms with E-state index in [-0.39, 0.29) is 30.8 Å². The zero-order chi connectivity index (χ0) is 13.4. The molecule has 100 valence electrons. The molecule has 0 aliphatic rings. The van der Waals surface area contributed by atoms with Crippen LogP contribution in [-0.2, 0) is 9.59 Å². The van der Waals surface area contributed by atoms with Crippen LogP contribution >= 0.6 is 0 Å². The first-order valence-electron chi connectivity index (χ1n) is 6.11. The monoisotopic (exact) mass is 244 g/mol. The van der Waals surface area contributed by atoms with E-state index in [1.165, 1.54) is 4.90 Å². The average molecular weight is 244 g/mol. The fourth-order valence-electron chi connectivity index (χ4n) is 1.68. The first-order valence-corrected chi connectivity index (χ1v) is 6.11. The van der Waals surface area contributed by atoms with Crippen molar-refractivity contribution in [2.45, 2.75) is 46.1 Å². The molecule has 0 aromatic heterocycles. The van der Waals surface area contributed by atoms with Crippen molar-refractivity contribution >= 4 is 11.9 Å². The van der Waals surface area contributed by atoms with E-state index in [1.807, 2.05) is 20.8 Å². The number of hydrogen-bond acceptors (Lipinski definition) is 3. The summed E-state index contributed by atoms with van der Waals surface area (Å²) in [5.41, 5.74) is 5.79. The van der Waals surface area contributed by atoms with Crippen molar-refractivity contribution in [3.63, 3.8) is 0 Å². The number of amides is 1. The van der Waals surface area contributed by atoms with E-state index in [0.29, 0.717) is 6.54 Å². The molecule has 1 atom stereocenters. The third-order valence-corrected chi connectivity index (χ3v) is 2.36. The zero-order valence-electron chi connectivity index (χ0n) is 11.0. The van der Waals surface area contributed by atoms with E-state index in [4.69, 9.17) is 10.8 Å². The molecule has 5 heteroatoms. The number of carboxylic acids is 1. The Morgan fingerprint density at radius 3 is 2.35 bits per heavy atom. The van der Waals surface area contributed by atoms with Crippen molar-refractivity contribution in [2.75, 3.05) is 13.1 Å². The fraction of sp³-hybridized carbons (Fsp3) is 0.833. The van der Waals surface area contributed by atoms with Crippen LogP contribution in [0.15, 0.2) is 0 Å². The second-order valence-corrected chi connectivity index (χ2v) is 4.81. The molecule has 0 aromatic rings. The third kappa shape index (κ3) is 7.74. The van der Waals surface area contributed by atoms with E-state index >= 15 is 0 Å². The fourth-order valence-corrected chi connectivity index (χ4v) is 1.68. The topological polar surface area (TPSA) is 83.6 Å². The maximum atomic E-state index is 11.9. The van der Waals surface area contributed by atoms with Gasteiger partial charge >= 0.3 is 5.97 Å². The number of aliphatic carboxylic acids is 1. The highest BCUT2D eigenvalue weighted by atomic mass is 16.4. The van der Waals surface area contributed by atoms with Gasteiger partial charge in [-0.25, -0.2) is 0 Å². The highest BCUT2D eigenvalue weighted by Gasteiger charge is 2.19. The summed E-state index contributed by atoms with van der Waals surface area (Å²) in [6.45, 7) is 6.13. The molecular formula is C12H24N2O3. The summed E-state index contributed by atoms with van der Waals surface area (Å²) in [7, 11) is 0. The second kappa shape index (κ2) is 8.06. The van der Waals surface area contributed by atoms with Gasteiger partial charge in [-0.3, -0.25) is 9.59 Å². The maximum absolute atomic E-state index is 11.9. The lowest BCUT2D eigenvalue weighted by atomic mass is 10.1. The lowest BCUT2D eigenvalue weighted by Gasteiger charge is -2.24. The van der Waals surface area contributed by atoms with Crippen LogP contribution in [-0.4, -0.2) is 41.0 Å². The summed E-state index contributed by atoms with van der Waals surface area (Å²) in [5, 5.41) is 8.76. The number of rotatable bonds is 8. The van der Waals surface area contributed by atoms with Gasteiger partial charge in [0.15, 0.2) is 0 Å². The average Bonchev–Trinajstić information content (AvgIpc) is 2.15. The molecule has 0 aliphatic carbocycles. The van der Waals surface area contributed by atoms with E-state index in [1.54, 1.807) is 0 Å². The summed E-state index contributed by atoms with van der Waals surface area (Å²) in [6, 6.07) is -0.170. The highest BCUT2D eigenvalue weighted by Crippen LogP contribution is 2.05. The van der Waals surface area contributed by atoms with Gasteiger partial charge in [-0.2, -0.15) is 0 Å². The quantitative estimate of drug-likeness (QED) is 0.669. The number of hydrogen-bond donors (Lipinski definition) is 2.